The lowest BCUT2D eigenvalue weighted by Gasteiger charge is -2.25. The van der Waals surface area contributed by atoms with E-state index in [1.807, 2.05) is 0 Å². The Morgan fingerprint density at radius 3 is 0.630 bits per heavy atom. The molecule has 0 unspecified atom stereocenters. The molecule has 2 nitrogen and oxygen atoms in total. The molecule has 0 spiro atoms. The first-order chi connectivity index (χ1) is 39.5. The summed E-state index contributed by atoms with van der Waals surface area (Å²) < 4.78 is 0. The van der Waals surface area contributed by atoms with Crippen LogP contribution < -0.4 is 9.80 Å². The predicted octanol–water partition coefficient (Wildman–Crippen LogP) is 22.1. The largest absolute Gasteiger partial charge is 0.311 e. The molecule has 0 aliphatic carbocycles. The average molecular weight is 1050 g/mol. The van der Waals surface area contributed by atoms with Gasteiger partial charge in [0.25, 0.3) is 0 Å². The van der Waals surface area contributed by atoms with Gasteiger partial charge in [0.2, 0.25) is 0 Å². The maximum absolute atomic E-state index is 2.30. The zero-order valence-electron chi connectivity index (χ0n) is 47.8. The average Bonchev–Trinajstić information content (AvgIpc) is 3.50. The van der Waals surface area contributed by atoms with E-state index in [0.717, 1.165) is 34.1 Å². The SMILES string of the molecule is Cc1ccc(/C=C/c2ccc(N(c3ccc(C)cc3)c3ccc(C)cc3)cc2)cc1.Cc1ccc(/C=C/c2ccc(N(c3ccc(C)cc3)c3ccc(C)cc3)cc2)cc1.Cc1ccc(C=C(c2ccccc2)c2ccccc2)cc1. The summed E-state index contributed by atoms with van der Waals surface area (Å²) in [4.78, 5) is 4.60. The molecule has 0 bridgehead atoms. The Morgan fingerprint density at radius 2 is 0.395 bits per heavy atom. The van der Waals surface area contributed by atoms with Crippen molar-refractivity contribution in [3.63, 3.8) is 0 Å². The minimum Gasteiger partial charge on any atom is -0.311 e. The summed E-state index contributed by atoms with van der Waals surface area (Å²) >= 11 is 0. The molecule has 0 atom stereocenters. The summed E-state index contributed by atoms with van der Waals surface area (Å²) in [5, 5.41) is 0. The molecule has 0 saturated carbocycles. The van der Waals surface area contributed by atoms with Crippen molar-refractivity contribution in [2.45, 2.75) is 48.5 Å². The van der Waals surface area contributed by atoms with E-state index in [0.29, 0.717) is 0 Å². The van der Waals surface area contributed by atoms with Gasteiger partial charge < -0.3 is 9.80 Å². The Labute approximate surface area is 482 Å². The van der Waals surface area contributed by atoms with E-state index in [2.05, 4.69) is 368 Å². The van der Waals surface area contributed by atoms with Crippen molar-refractivity contribution < 1.29 is 0 Å². The quantitative estimate of drug-likeness (QED) is 0.106. The number of anilines is 6. The second-order valence-electron chi connectivity index (χ2n) is 20.9. The van der Waals surface area contributed by atoms with Gasteiger partial charge >= 0.3 is 0 Å². The lowest BCUT2D eigenvalue weighted by Crippen LogP contribution is -2.09. The molecule has 11 aromatic carbocycles. The Morgan fingerprint density at radius 1 is 0.210 bits per heavy atom. The highest BCUT2D eigenvalue weighted by Gasteiger charge is 2.14. The molecular formula is C79H72N2. The summed E-state index contributed by atoms with van der Waals surface area (Å²) in [7, 11) is 0. The van der Waals surface area contributed by atoms with Crippen LogP contribution in [0.25, 0.3) is 36.0 Å². The van der Waals surface area contributed by atoms with E-state index in [9.17, 15) is 0 Å². The summed E-state index contributed by atoms with van der Waals surface area (Å²) in [6.07, 6.45) is 10.9. The zero-order chi connectivity index (χ0) is 56.3. The third-order valence-corrected chi connectivity index (χ3v) is 14.1. The highest BCUT2D eigenvalue weighted by Crippen LogP contribution is 2.37. The van der Waals surface area contributed by atoms with Gasteiger partial charge in [-0.25, -0.2) is 0 Å². The minimum absolute atomic E-state index is 1.15. The smallest absolute Gasteiger partial charge is 0.0462 e. The molecule has 0 heterocycles. The van der Waals surface area contributed by atoms with Crippen molar-refractivity contribution in [1.29, 1.82) is 0 Å². The van der Waals surface area contributed by atoms with E-state index < -0.39 is 0 Å². The van der Waals surface area contributed by atoms with E-state index in [-0.39, 0.29) is 0 Å². The molecule has 11 rings (SSSR count). The van der Waals surface area contributed by atoms with Crippen molar-refractivity contribution in [1.82, 2.24) is 0 Å². The molecule has 11 aromatic rings. The molecule has 0 aliphatic heterocycles. The molecule has 0 radical (unpaired) electrons. The van der Waals surface area contributed by atoms with Gasteiger partial charge in [0.15, 0.2) is 0 Å². The molecule has 398 valence electrons. The van der Waals surface area contributed by atoms with Crippen LogP contribution in [0.1, 0.15) is 77.9 Å². The second kappa shape index (κ2) is 27.7. The van der Waals surface area contributed by atoms with Gasteiger partial charge in [0.05, 0.1) is 0 Å². The van der Waals surface area contributed by atoms with Crippen LogP contribution in [0.2, 0.25) is 0 Å². The van der Waals surface area contributed by atoms with Crippen LogP contribution in [0.15, 0.2) is 279 Å². The number of hydrogen-bond acceptors (Lipinski definition) is 2. The summed E-state index contributed by atoms with van der Waals surface area (Å²) in [6, 6.07) is 99.1. The van der Waals surface area contributed by atoms with E-state index >= 15 is 0 Å². The lowest BCUT2D eigenvalue weighted by molar-refractivity contribution is 1.27. The van der Waals surface area contributed by atoms with Crippen molar-refractivity contribution >= 4 is 70.1 Å². The van der Waals surface area contributed by atoms with Gasteiger partial charge in [0, 0.05) is 34.1 Å². The first kappa shape index (κ1) is 56.0. The third-order valence-electron chi connectivity index (χ3n) is 14.1. The summed E-state index contributed by atoms with van der Waals surface area (Å²) in [5.74, 6) is 0. The number of hydrogen-bond donors (Lipinski definition) is 0. The molecule has 0 aromatic heterocycles. The predicted molar refractivity (Wildman–Crippen MR) is 352 cm³/mol. The lowest BCUT2D eigenvalue weighted by atomic mass is 9.95. The first-order valence-corrected chi connectivity index (χ1v) is 28.0. The van der Waals surface area contributed by atoms with E-state index in [4.69, 9.17) is 0 Å². The molecule has 2 heteroatoms. The fourth-order valence-electron chi connectivity index (χ4n) is 9.28. The maximum atomic E-state index is 2.30. The fourth-order valence-corrected chi connectivity index (χ4v) is 9.28. The number of benzene rings is 11. The molecular weight excluding hydrogens is 977 g/mol. The van der Waals surface area contributed by atoms with Crippen molar-refractivity contribution in [3.8, 4) is 0 Å². The molecule has 0 fully saturated rings. The van der Waals surface area contributed by atoms with Crippen molar-refractivity contribution in [3.05, 3.63) is 357 Å². The van der Waals surface area contributed by atoms with Gasteiger partial charge in [-0.3, -0.25) is 0 Å². The first-order valence-electron chi connectivity index (χ1n) is 28.0. The highest BCUT2D eigenvalue weighted by molar-refractivity contribution is 5.91. The van der Waals surface area contributed by atoms with Crippen LogP contribution in [-0.2, 0) is 0 Å². The van der Waals surface area contributed by atoms with Crippen molar-refractivity contribution in [2.24, 2.45) is 0 Å². The second-order valence-corrected chi connectivity index (χ2v) is 20.9. The fraction of sp³-hybridized carbons (Fsp3) is 0.0886. The summed E-state index contributed by atoms with van der Waals surface area (Å²) in [6.45, 7) is 14.8. The van der Waals surface area contributed by atoms with Crippen LogP contribution in [0, 0.1) is 48.5 Å². The van der Waals surface area contributed by atoms with Gasteiger partial charge in [-0.2, -0.15) is 0 Å². The van der Waals surface area contributed by atoms with E-state index in [1.165, 1.54) is 83.5 Å². The Bertz CT molecular complexity index is 3440. The van der Waals surface area contributed by atoms with Crippen LogP contribution in [0.5, 0.6) is 0 Å². The zero-order valence-corrected chi connectivity index (χ0v) is 47.8. The monoisotopic (exact) mass is 1050 g/mol. The molecule has 81 heavy (non-hydrogen) atoms. The van der Waals surface area contributed by atoms with Crippen molar-refractivity contribution in [2.75, 3.05) is 9.80 Å². The minimum atomic E-state index is 1.15. The molecule has 0 saturated heterocycles. The van der Waals surface area contributed by atoms with Gasteiger partial charge in [-0.1, -0.05) is 270 Å². The standard InChI is InChI=1S/2C29H27N.C21H18/c2*1-22-4-10-25(11-5-22)12-13-26-14-20-29(21-15-26)30(27-16-6-23(2)7-17-27)28-18-8-24(3)9-19-28;1-17-12-14-18(15-13-17)16-21(19-8-4-2-5-9-19)20-10-6-3-7-11-20/h2*4-21H,1-3H3;2-16H,1H3/b2*13-12+;. The maximum Gasteiger partial charge on any atom is 0.0462 e. The Kier molecular flexibility index (Phi) is 19.1. The Hall–Kier alpha value is -9.76. The highest BCUT2D eigenvalue weighted by atomic mass is 15.1. The normalized spacial score (nSPS) is 10.8. The molecule has 0 aliphatic rings. The van der Waals surface area contributed by atoms with Crippen LogP contribution in [-0.4, -0.2) is 0 Å². The van der Waals surface area contributed by atoms with Crippen LogP contribution in [0.4, 0.5) is 34.1 Å². The number of aryl methyl sites for hydroxylation is 7. The van der Waals surface area contributed by atoms with Crippen LogP contribution >= 0.6 is 0 Å². The number of nitrogens with zero attached hydrogens (tertiary/aromatic N) is 2. The van der Waals surface area contributed by atoms with Gasteiger partial charge in [-0.05, 0) is 172 Å². The Balaban J connectivity index is 0.000000149. The molecule has 0 N–H and O–H groups in total. The van der Waals surface area contributed by atoms with E-state index in [1.54, 1.807) is 0 Å². The molecule has 0 amide bonds. The number of rotatable bonds is 13. The topological polar surface area (TPSA) is 6.48 Å². The van der Waals surface area contributed by atoms with Crippen LogP contribution in [0.3, 0.4) is 0 Å². The summed E-state index contributed by atoms with van der Waals surface area (Å²) in [5.41, 5.74) is 25.6. The van der Waals surface area contributed by atoms with Gasteiger partial charge in [0.1, 0.15) is 0 Å². The van der Waals surface area contributed by atoms with Gasteiger partial charge in [-0.15, -0.1) is 0 Å². The third kappa shape index (κ3) is 16.2.